The van der Waals surface area contributed by atoms with Crippen LogP contribution in [0, 0.1) is 5.95 Å². The fraction of sp³-hybridized carbons (Fsp3) is 0.250. The fourth-order valence-corrected chi connectivity index (χ4v) is 1.43. The Hall–Kier alpha value is -1.84. The van der Waals surface area contributed by atoms with Crippen molar-refractivity contribution in [2.24, 2.45) is 0 Å². The summed E-state index contributed by atoms with van der Waals surface area (Å²) in [6.45, 7) is 1.36. The molecule has 0 radical (unpaired) electrons. The van der Waals surface area contributed by atoms with Gasteiger partial charge in [0.2, 0.25) is 0 Å². The molecule has 0 saturated heterocycles. The van der Waals surface area contributed by atoms with Crippen LogP contribution in [0.4, 0.5) is 4.39 Å². The lowest BCUT2D eigenvalue weighted by molar-refractivity contribution is 0.284. The topological polar surface area (TPSA) is 27.1 Å². The average molecular weight is 219 g/mol. The largest absolute Gasteiger partial charge is 0.489 e. The fourth-order valence-electron chi connectivity index (χ4n) is 1.43. The first-order valence-corrected chi connectivity index (χ1v) is 5.20. The Bertz CT molecular complexity index is 428. The molecule has 0 amide bonds. The molecule has 0 bridgehead atoms. The van der Waals surface area contributed by atoms with Crippen LogP contribution in [0.3, 0.4) is 0 Å². The monoisotopic (exact) mass is 219 g/mol. The Morgan fingerprint density at radius 1 is 1.25 bits per heavy atom. The zero-order chi connectivity index (χ0) is 11.2. The molecule has 0 aliphatic heterocycles. The zero-order valence-corrected chi connectivity index (χ0v) is 8.84. The van der Waals surface area contributed by atoms with E-state index in [0.29, 0.717) is 6.61 Å². The Labute approximate surface area is 93.5 Å². The van der Waals surface area contributed by atoms with Gasteiger partial charge in [0, 0.05) is 25.1 Å². The molecule has 0 unspecified atom stereocenters. The van der Waals surface area contributed by atoms with Crippen molar-refractivity contribution in [1.82, 2.24) is 9.55 Å². The summed E-state index contributed by atoms with van der Waals surface area (Å²) in [5, 5.41) is 0. The summed E-state index contributed by atoms with van der Waals surface area (Å²) in [5.74, 6) is -0.335. The molecule has 0 atom stereocenters. The van der Waals surface area contributed by atoms with Crippen LogP contribution in [0.2, 0.25) is 0 Å². The zero-order valence-electron chi connectivity index (χ0n) is 8.84. The molecule has 0 spiro atoms. The molecule has 4 heteroatoms. The van der Waals surface area contributed by atoms with Crippen molar-refractivity contribution in [2.75, 3.05) is 6.61 Å². The molecule has 0 N–H and O–H groups in total. The lowest BCUT2D eigenvalue weighted by Gasteiger charge is -2.06. The summed E-state index contributed by atoms with van der Waals surface area (Å²) >= 11 is 0. The minimum atomic E-state index is -0.552. The van der Waals surface area contributed by atoms with Gasteiger partial charge in [0.1, 0.15) is 0 Å². The van der Waals surface area contributed by atoms with E-state index in [0.717, 1.165) is 13.0 Å². The van der Waals surface area contributed by atoms with E-state index in [2.05, 4.69) is 9.55 Å². The van der Waals surface area contributed by atoms with Crippen molar-refractivity contribution in [1.29, 1.82) is 0 Å². The third-order valence-corrected chi connectivity index (χ3v) is 2.21. The number of nitrogens with zero attached hydrogens (tertiary/aromatic N) is 2. The highest BCUT2D eigenvalue weighted by atomic mass is 18.2. The highest BCUT2D eigenvalue weighted by Gasteiger charge is 2.01. The first kappa shape index (κ1) is 10.7. The highest BCUT2D eigenvalue weighted by Crippen LogP contribution is 2.12. The van der Waals surface area contributed by atoms with Gasteiger partial charge in [0.05, 0.1) is 6.61 Å². The molecule has 16 heavy (non-hydrogen) atoms. The average Bonchev–Trinajstić information content (AvgIpc) is 2.79. The van der Waals surface area contributed by atoms with Gasteiger partial charge in [-0.1, -0.05) is 0 Å². The van der Waals surface area contributed by atoms with E-state index in [4.69, 9.17) is 4.74 Å². The highest BCUT2D eigenvalue weighted by molar-refractivity contribution is 5.17. The van der Waals surface area contributed by atoms with E-state index in [1.54, 1.807) is 12.1 Å². The van der Waals surface area contributed by atoms with Gasteiger partial charge >= 0.3 is 0 Å². The van der Waals surface area contributed by atoms with Crippen molar-refractivity contribution in [2.45, 2.75) is 13.0 Å². The predicted molar refractivity (Wildman–Crippen MR) is 58.7 cm³/mol. The van der Waals surface area contributed by atoms with Gasteiger partial charge in [-0.2, -0.15) is 4.39 Å². The number of hydrogen-bond donors (Lipinski definition) is 0. The second kappa shape index (κ2) is 5.30. The van der Waals surface area contributed by atoms with Crippen LogP contribution in [0.25, 0.3) is 0 Å². The first-order chi connectivity index (χ1) is 7.86. The third kappa shape index (κ3) is 2.82. The second-order valence-electron chi connectivity index (χ2n) is 3.42. The van der Waals surface area contributed by atoms with Crippen LogP contribution >= 0.6 is 0 Å². The third-order valence-electron chi connectivity index (χ3n) is 2.21. The van der Waals surface area contributed by atoms with Crippen LogP contribution < -0.4 is 4.74 Å². The smallest absolute Gasteiger partial charge is 0.255 e. The summed E-state index contributed by atoms with van der Waals surface area (Å²) in [4.78, 5) is 3.51. The molecular weight excluding hydrogens is 206 g/mol. The molecule has 2 heterocycles. The number of rotatable bonds is 5. The van der Waals surface area contributed by atoms with Crippen molar-refractivity contribution in [3.05, 3.63) is 48.8 Å². The molecule has 2 aromatic rings. The molecule has 0 aromatic carbocycles. The van der Waals surface area contributed by atoms with Crippen LogP contribution in [-0.4, -0.2) is 16.2 Å². The maximum absolute atomic E-state index is 13.0. The van der Waals surface area contributed by atoms with Gasteiger partial charge in [-0.15, -0.1) is 0 Å². The maximum Gasteiger partial charge on any atom is 0.255 e. The Kier molecular flexibility index (Phi) is 3.53. The van der Waals surface area contributed by atoms with E-state index in [1.807, 2.05) is 24.5 Å². The normalized spacial score (nSPS) is 10.3. The van der Waals surface area contributed by atoms with E-state index >= 15 is 0 Å². The van der Waals surface area contributed by atoms with Crippen LogP contribution in [0.5, 0.6) is 5.75 Å². The van der Waals surface area contributed by atoms with Crippen LogP contribution in [0.1, 0.15) is 6.42 Å². The summed E-state index contributed by atoms with van der Waals surface area (Å²) in [6, 6.07) is 7.19. The van der Waals surface area contributed by atoms with E-state index in [-0.39, 0.29) is 5.75 Å². The number of aryl methyl sites for hydroxylation is 1. The predicted octanol–water partition coefficient (Wildman–Crippen LogP) is 2.49. The number of ether oxygens (including phenoxy) is 1. The quantitative estimate of drug-likeness (QED) is 0.570. The Balaban J connectivity index is 1.74. The van der Waals surface area contributed by atoms with Crippen LogP contribution in [0.15, 0.2) is 42.9 Å². The first-order valence-electron chi connectivity index (χ1n) is 5.20. The number of aromatic nitrogens is 2. The molecule has 0 aliphatic rings. The second-order valence-corrected chi connectivity index (χ2v) is 3.42. The summed E-state index contributed by atoms with van der Waals surface area (Å²) in [7, 11) is 0. The molecule has 3 nitrogen and oxygen atoms in total. The van der Waals surface area contributed by atoms with E-state index in [1.165, 1.54) is 6.20 Å². The van der Waals surface area contributed by atoms with Gasteiger partial charge in [0.15, 0.2) is 5.75 Å². The SMILES string of the molecule is [18F]c1ncccc1OCCCn1cccc1. The van der Waals surface area contributed by atoms with E-state index in [9.17, 15) is 4.39 Å². The lowest BCUT2D eigenvalue weighted by Crippen LogP contribution is -2.04. The molecule has 2 rings (SSSR count). The van der Waals surface area contributed by atoms with Gasteiger partial charge in [0.25, 0.3) is 5.95 Å². The van der Waals surface area contributed by atoms with Gasteiger partial charge in [-0.3, -0.25) is 0 Å². The van der Waals surface area contributed by atoms with Gasteiger partial charge < -0.3 is 9.30 Å². The standard InChI is InChI=1S/C12H13FN2O/c13-12-11(5-3-6-14-12)16-10-4-9-15-7-1-2-8-15/h1-3,5-8H,4,9-10H2/i13-1. The van der Waals surface area contributed by atoms with Crippen molar-refractivity contribution in [3.8, 4) is 5.75 Å². The summed E-state index contributed by atoms with van der Waals surface area (Å²) in [5.41, 5.74) is 0. The number of halogens is 1. The van der Waals surface area contributed by atoms with Crippen molar-refractivity contribution < 1.29 is 9.13 Å². The molecule has 0 saturated carbocycles. The summed E-state index contributed by atoms with van der Waals surface area (Å²) < 4.78 is 20.4. The molecule has 84 valence electrons. The van der Waals surface area contributed by atoms with Gasteiger partial charge in [-0.25, -0.2) is 4.98 Å². The number of pyridine rings is 1. The Morgan fingerprint density at radius 2 is 2.06 bits per heavy atom. The lowest BCUT2D eigenvalue weighted by atomic mass is 10.4. The molecule has 0 aliphatic carbocycles. The summed E-state index contributed by atoms with van der Waals surface area (Å²) in [6.07, 6.45) is 6.22. The molecule has 2 aromatic heterocycles. The van der Waals surface area contributed by atoms with Crippen LogP contribution in [-0.2, 0) is 6.54 Å². The minimum Gasteiger partial charge on any atom is -0.489 e. The van der Waals surface area contributed by atoms with Crippen molar-refractivity contribution in [3.63, 3.8) is 0 Å². The van der Waals surface area contributed by atoms with Gasteiger partial charge in [-0.05, 0) is 30.7 Å². The Morgan fingerprint density at radius 3 is 2.81 bits per heavy atom. The van der Waals surface area contributed by atoms with E-state index < -0.39 is 5.95 Å². The van der Waals surface area contributed by atoms with Crippen molar-refractivity contribution >= 4 is 0 Å². The molecular formula is C12H13FN2O. The number of hydrogen-bond acceptors (Lipinski definition) is 2. The molecule has 0 fully saturated rings. The maximum atomic E-state index is 13.0. The minimum absolute atomic E-state index is 0.218.